The summed E-state index contributed by atoms with van der Waals surface area (Å²) < 4.78 is 0. The molecule has 8 nitrogen and oxygen atoms in total. The minimum absolute atomic E-state index is 0.0210. The molecule has 1 aromatic carbocycles. The molecule has 1 aliphatic rings. The highest BCUT2D eigenvalue weighted by atomic mass is 16.2. The standard InChI is InChI=1S/C25H33N5O3/c1-18(2)24(32)29(14-10-19-7-4-3-5-8-19)21-15-22(23(31)28-13-11-26)30(17-21)25(33)20-9-6-12-27-16-20/h3-9,12,16,18,21-22H,10-11,13-15,17,26H2,1-2H3,(H,28,31). The van der Waals surface area contributed by atoms with Crippen LogP contribution in [0.1, 0.15) is 36.2 Å². The van der Waals surface area contributed by atoms with Gasteiger partial charge in [0.15, 0.2) is 0 Å². The molecule has 1 aromatic heterocycles. The largest absolute Gasteiger partial charge is 0.353 e. The average Bonchev–Trinajstić information content (AvgIpc) is 3.28. The third kappa shape index (κ3) is 6.16. The Labute approximate surface area is 195 Å². The zero-order valence-electron chi connectivity index (χ0n) is 19.3. The molecule has 0 saturated carbocycles. The molecule has 0 bridgehead atoms. The Balaban J connectivity index is 1.84. The lowest BCUT2D eigenvalue weighted by Crippen LogP contribution is -2.47. The number of nitrogens with one attached hydrogen (secondary N) is 1. The van der Waals surface area contributed by atoms with Gasteiger partial charge in [0.05, 0.1) is 11.6 Å². The molecule has 1 aliphatic heterocycles. The molecular formula is C25H33N5O3. The number of likely N-dealkylation sites (tertiary alicyclic amines) is 1. The molecule has 2 atom stereocenters. The molecule has 176 valence electrons. The van der Waals surface area contributed by atoms with Crippen molar-refractivity contribution in [1.82, 2.24) is 20.1 Å². The summed E-state index contributed by atoms with van der Waals surface area (Å²) in [7, 11) is 0. The van der Waals surface area contributed by atoms with E-state index < -0.39 is 6.04 Å². The van der Waals surface area contributed by atoms with Crippen molar-refractivity contribution in [2.75, 3.05) is 26.2 Å². The first-order valence-corrected chi connectivity index (χ1v) is 11.5. The number of nitrogens with zero attached hydrogens (tertiary/aromatic N) is 3. The maximum absolute atomic E-state index is 13.3. The summed E-state index contributed by atoms with van der Waals surface area (Å²) >= 11 is 0. The van der Waals surface area contributed by atoms with E-state index >= 15 is 0 Å². The second kappa shape index (κ2) is 11.6. The fraction of sp³-hybridized carbons (Fsp3) is 0.440. The van der Waals surface area contributed by atoms with Gasteiger partial charge in [-0.05, 0) is 30.5 Å². The Hall–Kier alpha value is -3.26. The first kappa shape index (κ1) is 24.4. The average molecular weight is 452 g/mol. The highest BCUT2D eigenvalue weighted by molar-refractivity contribution is 5.98. The Bertz CT molecular complexity index is 936. The summed E-state index contributed by atoms with van der Waals surface area (Å²) in [6, 6.07) is 12.4. The van der Waals surface area contributed by atoms with Crippen LogP contribution in [0.15, 0.2) is 54.9 Å². The van der Waals surface area contributed by atoms with Crippen molar-refractivity contribution in [2.45, 2.75) is 38.8 Å². The molecule has 0 spiro atoms. The molecular weight excluding hydrogens is 418 g/mol. The summed E-state index contributed by atoms with van der Waals surface area (Å²) in [5.41, 5.74) is 7.10. The van der Waals surface area contributed by atoms with Crippen LogP contribution in [-0.2, 0) is 16.0 Å². The highest BCUT2D eigenvalue weighted by Crippen LogP contribution is 2.26. The van der Waals surface area contributed by atoms with E-state index in [0.717, 1.165) is 5.56 Å². The van der Waals surface area contributed by atoms with Crippen molar-refractivity contribution in [3.8, 4) is 0 Å². The number of amides is 3. The number of carbonyl (C=O) groups excluding carboxylic acids is 3. The molecule has 0 aliphatic carbocycles. The van der Waals surface area contributed by atoms with E-state index in [9.17, 15) is 14.4 Å². The topological polar surface area (TPSA) is 109 Å². The van der Waals surface area contributed by atoms with Gasteiger partial charge in [0.25, 0.3) is 5.91 Å². The predicted molar refractivity (Wildman–Crippen MR) is 126 cm³/mol. The minimum atomic E-state index is -0.673. The number of hydrogen-bond acceptors (Lipinski definition) is 5. The van der Waals surface area contributed by atoms with E-state index in [1.807, 2.05) is 49.1 Å². The third-order valence-corrected chi connectivity index (χ3v) is 5.90. The molecule has 2 aromatic rings. The lowest BCUT2D eigenvalue weighted by atomic mass is 10.1. The maximum Gasteiger partial charge on any atom is 0.256 e. The van der Waals surface area contributed by atoms with Crippen LogP contribution in [-0.4, -0.2) is 70.8 Å². The van der Waals surface area contributed by atoms with Gasteiger partial charge in [0.2, 0.25) is 11.8 Å². The molecule has 2 unspecified atom stereocenters. The van der Waals surface area contributed by atoms with Gasteiger partial charge in [-0.15, -0.1) is 0 Å². The fourth-order valence-electron chi connectivity index (χ4n) is 4.18. The van der Waals surface area contributed by atoms with Gasteiger partial charge >= 0.3 is 0 Å². The van der Waals surface area contributed by atoms with Crippen LogP contribution in [0, 0.1) is 5.92 Å². The number of carbonyl (C=O) groups is 3. The lowest BCUT2D eigenvalue weighted by Gasteiger charge is -2.31. The van der Waals surface area contributed by atoms with Crippen LogP contribution >= 0.6 is 0 Å². The summed E-state index contributed by atoms with van der Waals surface area (Å²) in [5.74, 6) is -0.681. The van der Waals surface area contributed by atoms with Crippen molar-refractivity contribution in [1.29, 1.82) is 0 Å². The Morgan fingerprint density at radius 2 is 1.94 bits per heavy atom. The number of hydrogen-bond donors (Lipinski definition) is 2. The smallest absolute Gasteiger partial charge is 0.256 e. The predicted octanol–water partition coefficient (Wildman–Crippen LogP) is 1.47. The number of rotatable bonds is 9. The first-order valence-electron chi connectivity index (χ1n) is 11.5. The number of benzene rings is 1. The minimum Gasteiger partial charge on any atom is -0.353 e. The Kier molecular flexibility index (Phi) is 8.54. The summed E-state index contributed by atoms with van der Waals surface area (Å²) in [6.45, 7) is 5.21. The number of nitrogens with two attached hydrogens (primary N) is 1. The SMILES string of the molecule is CC(C)C(=O)N(CCc1ccccc1)C1CC(C(=O)NCCN)N(C(=O)c2cccnc2)C1. The maximum atomic E-state index is 13.3. The monoisotopic (exact) mass is 451 g/mol. The molecule has 3 amide bonds. The molecule has 3 rings (SSSR count). The lowest BCUT2D eigenvalue weighted by molar-refractivity contribution is -0.136. The summed E-state index contributed by atoms with van der Waals surface area (Å²) in [5, 5.41) is 2.80. The van der Waals surface area contributed by atoms with Gasteiger partial charge in [-0.1, -0.05) is 44.2 Å². The van der Waals surface area contributed by atoms with E-state index in [-0.39, 0.29) is 29.7 Å². The zero-order chi connectivity index (χ0) is 23.8. The summed E-state index contributed by atoms with van der Waals surface area (Å²) in [4.78, 5) is 46.8. The van der Waals surface area contributed by atoms with Crippen molar-refractivity contribution >= 4 is 17.7 Å². The van der Waals surface area contributed by atoms with E-state index in [0.29, 0.717) is 44.6 Å². The second-order valence-corrected chi connectivity index (χ2v) is 8.61. The van der Waals surface area contributed by atoms with Gasteiger partial charge in [0.1, 0.15) is 6.04 Å². The van der Waals surface area contributed by atoms with Gasteiger partial charge in [-0.3, -0.25) is 19.4 Å². The zero-order valence-corrected chi connectivity index (χ0v) is 19.3. The summed E-state index contributed by atoms with van der Waals surface area (Å²) in [6.07, 6.45) is 4.19. The third-order valence-electron chi connectivity index (χ3n) is 5.90. The van der Waals surface area contributed by atoms with Gasteiger partial charge in [-0.2, -0.15) is 0 Å². The van der Waals surface area contributed by atoms with Crippen molar-refractivity contribution in [3.63, 3.8) is 0 Å². The first-order chi connectivity index (χ1) is 15.9. The Morgan fingerprint density at radius 1 is 1.18 bits per heavy atom. The van der Waals surface area contributed by atoms with Crippen LogP contribution in [0.5, 0.6) is 0 Å². The molecule has 1 saturated heterocycles. The quantitative estimate of drug-likeness (QED) is 0.600. The van der Waals surface area contributed by atoms with Crippen LogP contribution in [0.25, 0.3) is 0 Å². The van der Waals surface area contributed by atoms with Crippen LogP contribution < -0.4 is 11.1 Å². The Morgan fingerprint density at radius 3 is 2.58 bits per heavy atom. The van der Waals surface area contributed by atoms with Crippen molar-refractivity contribution in [2.24, 2.45) is 11.7 Å². The molecule has 8 heteroatoms. The molecule has 1 fully saturated rings. The highest BCUT2D eigenvalue weighted by Gasteiger charge is 2.43. The molecule has 2 heterocycles. The van der Waals surface area contributed by atoms with Gasteiger partial charge in [0, 0.05) is 44.5 Å². The van der Waals surface area contributed by atoms with E-state index in [1.54, 1.807) is 23.2 Å². The van der Waals surface area contributed by atoms with Crippen LogP contribution in [0.2, 0.25) is 0 Å². The normalized spacial score (nSPS) is 17.8. The second-order valence-electron chi connectivity index (χ2n) is 8.61. The molecule has 3 N–H and O–H groups in total. The molecule has 33 heavy (non-hydrogen) atoms. The van der Waals surface area contributed by atoms with Gasteiger partial charge in [-0.25, -0.2) is 0 Å². The van der Waals surface area contributed by atoms with Crippen LogP contribution in [0.3, 0.4) is 0 Å². The van der Waals surface area contributed by atoms with Crippen molar-refractivity contribution in [3.05, 3.63) is 66.0 Å². The van der Waals surface area contributed by atoms with E-state index in [4.69, 9.17) is 5.73 Å². The molecule has 0 radical (unpaired) electrons. The van der Waals surface area contributed by atoms with Crippen LogP contribution in [0.4, 0.5) is 0 Å². The number of pyridine rings is 1. The van der Waals surface area contributed by atoms with Gasteiger partial charge < -0.3 is 20.9 Å². The van der Waals surface area contributed by atoms with Crippen molar-refractivity contribution < 1.29 is 14.4 Å². The van der Waals surface area contributed by atoms with E-state index in [1.165, 1.54) is 6.20 Å². The number of aromatic nitrogens is 1. The fourth-order valence-corrected chi connectivity index (χ4v) is 4.18. The van der Waals surface area contributed by atoms with E-state index in [2.05, 4.69) is 10.3 Å².